The average Bonchev–Trinajstić information content (AvgIpc) is 2.97. The fourth-order valence-electron chi connectivity index (χ4n) is 2.56. The third-order valence-electron chi connectivity index (χ3n) is 3.39. The Labute approximate surface area is 111 Å². The molecule has 0 spiro atoms. The second-order valence-corrected chi connectivity index (χ2v) is 6.13. The van der Waals surface area contributed by atoms with E-state index in [-0.39, 0.29) is 0 Å². The molecular formula is C13H18N4S. The Kier molecular flexibility index (Phi) is 3.41. The van der Waals surface area contributed by atoms with Gasteiger partial charge in [-0.1, -0.05) is 19.4 Å². The number of pyridine rings is 1. The zero-order chi connectivity index (χ0) is 12.4. The Morgan fingerprint density at radius 2 is 2.39 bits per heavy atom. The lowest BCUT2D eigenvalue weighted by atomic mass is 10.2. The summed E-state index contributed by atoms with van der Waals surface area (Å²) in [4.78, 5) is 4.50. The normalized spacial score (nSPS) is 23.6. The molecule has 2 heterocycles. The summed E-state index contributed by atoms with van der Waals surface area (Å²) in [5.41, 5.74) is 0.901. The van der Waals surface area contributed by atoms with Crippen LogP contribution in [-0.2, 0) is 0 Å². The van der Waals surface area contributed by atoms with Crippen LogP contribution in [0.25, 0.3) is 5.65 Å². The number of fused-ring (bicyclic) bond motifs is 1. The molecule has 0 aromatic carbocycles. The van der Waals surface area contributed by atoms with Crippen LogP contribution in [0.1, 0.15) is 26.2 Å². The quantitative estimate of drug-likeness (QED) is 0.920. The zero-order valence-corrected chi connectivity index (χ0v) is 11.4. The van der Waals surface area contributed by atoms with E-state index in [4.69, 9.17) is 0 Å². The number of rotatable bonds is 4. The van der Waals surface area contributed by atoms with Gasteiger partial charge >= 0.3 is 0 Å². The largest absolute Gasteiger partial charge is 0.349 e. The number of aromatic nitrogens is 3. The maximum atomic E-state index is 4.50. The van der Waals surface area contributed by atoms with Crippen molar-refractivity contribution in [3.8, 4) is 0 Å². The Morgan fingerprint density at radius 1 is 1.44 bits per heavy atom. The van der Waals surface area contributed by atoms with Crippen LogP contribution in [0.15, 0.2) is 24.4 Å². The lowest BCUT2D eigenvalue weighted by Gasteiger charge is -2.18. The van der Waals surface area contributed by atoms with E-state index in [2.05, 4.69) is 22.3 Å². The van der Waals surface area contributed by atoms with Crippen molar-refractivity contribution in [2.45, 2.75) is 37.5 Å². The number of nitrogens with one attached hydrogen (secondary N) is 1. The number of hydrogen-bond acceptors (Lipinski definition) is 4. The minimum Gasteiger partial charge on any atom is -0.349 e. The van der Waals surface area contributed by atoms with E-state index < -0.39 is 0 Å². The summed E-state index contributed by atoms with van der Waals surface area (Å²) < 4.78 is 1.82. The fraction of sp³-hybridized carbons (Fsp3) is 0.538. The van der Waals surface area contributed by atoms with Crippen molar-refractivity contribution < 1.29 is 0 Å². The number of thioether (sulfide) groups is 1. The van der Waals surface area contributed by atoms with E-state index in [0.717, 1.165) is 11.6 Å². The van der Waals surface area contributed by atoms with Gasteiger partial charge in [0.05, 0.1) is 0 Å². The van der Waals surface area contributed by atoms with Gasteiger partial charge in [-0.15, -0.1) is 5.10 Å². The predicted octanol–water partition coefficient (Wildman–Crippen LogP) is 2.82. The summed E-state index contributed by atoms with van der Waals surface area (Å²) in [6, 6.07) is 6.45. The zero-order valence-electron chi connectivity index (χ0n) is 10.5. The third kappa shape index (κ3) is 2.32. The Morgan fingerprint density at radius 3 is 3.22 bits per heavy atom. The highest BCUT2D eigenvalue weighted by molar-refractivity contribution is 7.99. The fourth-order valence-corrected chi connectivity index (χ4v) is 3.76. The van der Waals surface area contributed by atoms with Gasteiger partial charge in [-0.25, -0.2) is 4.52 Å². The molecule has 3 rings (SSSR count). The molecule has 2 aromatic rings. The Hall–Kier alpha value is -1.23. The van der Waals surface area contributed by atoms with E-state index in [9.17, 15) is 0 Å². The first-order chi connectivity index (χ1) is 8.86. The van der Waals surface area contributed by atoms with Crippen LogP contribution in [0.5, 0.6) is 0 Å². The second-order valence-electron chi connectivity index (χ2n) is 4.61. The van der Waals surface area contributed by atoms with Crippen LogP contribution < -0.4 is 5.32 Å². The average molecular weight is 262 g/mol. The molecule has 0 saturated heterocycles. The van der Waals surface area contributed by atoms with Crippen LogP contribution in [0.3, 0.4) is 0 Å². The molecule has 18 heavy (non-hydrogen) atoms. The van der Waals surface area contributed by atoms with Gasteiger partial charge in [0, 0.05) is 17.5 Å². The molecule has 4 nitrogen and oxygen atoms in total. The molecule has 1 aliphatic carbocycles. The number of hydrogen-bond donors (Lipinski definition) is 1. The number of anilines is 1. The van der Waals surface area contributed by atoms with Gasteiger partial charge in [0.25, 0.3) is 0 Å². The van der Waals surface area contributed by atoms with Crippen LogP contribution >= 0.6 is 11.8 Å². The van der Waals surface area contributed by atoms with Crippen LogP contribution in [0.4, 0.5) is 5.95 Å². The molecular weight excluding hydrogens is 244 g/mol. The first-order valence-electron chi connectivity index (χ1n) is 6.56. The van der Waals surface area contributed by atoms with E-state index >= 15 is 0 Å². The first-order valence-corrected chi connectivity index (χ1v) is 7.61. The van der Waals surface area contributed by atoms with E-state index in [1.54, 1.807) is 0 Å². The van der Waals surface area contributed by atoms with Crippen molar-refractivity contribution in [2.24, 2.45) is 0 Å². The predicted molar refractivity (Wildman–Crippen MR) is 76.2 cm³/mol. The molecule has 1 N–H and O–H groups in total. The molecule has 1 saturated carbocycles. The molecule has 0 amide bonds. The summed E-state index contributed by atoms with van der Waals surface area (Å²) in [5, 5.41) is 8.67. The minimum atomic E-state index is 0.521. The lowest BCUT2D eigenvalue weighted by molar-refractivity contribution is 0.754. The molecule has 0 radical (unpaired) electrons. The van der Waals surface area contributed by atoms with Crippen LogP contribution in [0.2, 0.25) is 0 Å². The minimum absolute atomic E-state index is 0.521. The second kappa shape index (κ2) is 5.18. The summed E-state index contributed by atoms with van der Waals surface area (Å²) in [7, 11) is 0. The van der Waals surface area contributed by atoms with Gasteiger partial charge in [0.15, 0.2) is 5.65 Å². The van der Waals surface area contributed by atoms with Gasteiger partial charge in [0.2, 0.25) is 5.95 Å². The highest BCUT2D eigenvalue weighted by Crippen LogP contribution is 2.31. The van der Waals surface area contributed by atoms with Crippen molar-refractivity contribution >= 4 is 23.4 Å². The maximum absolute atomic E-state index is 4.50. The van der Waals surface area contributed by atoms with Crippen molar-refractivity contribution in [3.05, 3.63) is 24.4 Å². The Balaban J connectivity index is 1.75. The molecule has 0 bridgehead atoms. The van der Waals surface area contributed by atoms with Gasteiger partial charge in [0.1, 0.15) is 0 Å². The molecule has 5 heteroatoms. The van der Waals surface area contributed by atoms with Crippen molar-refractivity contribution in [2.75, 3.05) is 11.1 Å². The number of nitrogens with zero attached hydrogens (tertiary/aromatic N) is 3. The molecule has 96 valence electrons. The smallest absolute Gasteiger partial charge is 0.243 e. The summed E-state index contributed by atoms with van der Waals surface area (Å²) in [5.74, 6) is 1.94. The van der Waals surface area contributed by atoms with Crippen molar-refractivity contribution in [1.29, 1.82) is 0 Å². The van der Waals surface area contributed by atoms with Gasteiger partial charge in [-0.05, 0) is 30.7 Å². The van der Waals surface area contributed by atoms with Crippen LogP contribution in [0, 0.1) is 0 Å². The summed E-state index contributed by atoms with van der Waals surface area (Å²) in [6.45, 7) is 2.23. The molecule has 2 unspecified atom stereocenters. The summed E-state index contributed by atoms with van der Waals surface area (Å²) >= 11 is 2.05. The molecule has 0 aliphatic heterocycles. The highest BCUT2D eigenvalue weighted by atomic mass is 32.2. The first kappa shape index (κ1) is 11.8. The molecule has 2 aromatic heterocycles. The van der Waals surface area contributed by atoms with Gasteiger partial charge < -0.3 is 5.32 Å². The standard InChI is InChI=1S/C13H18N4S/c1-2-18-11-7-5-6-10(11)14-13-15-12-8-3-4-9-17(12)16-13/h3-4,8-11H,2,5-7H2,1H3,(H,14,16). The van der Waals surface area contributed by atoms with E-state index in [1.807, 2.05) is 40.7 Å². The molecule has 2 atom stereocenters. The lowest BCUT2D eigenvalue weighted by Crippen LogP contribution is -2.26. The van der Waals surface area contributed by atoms with Crippen molar-refractivity contribution in [1.82, 2.24) is 14.6 Å². The van der Waals surface area contributed by atoms with Crippen LogP contribution in [-0.4, -0.2) is 31.6 Å². The van der Waals surface area contributed by atoms with E-state index in [0.29, 0.717) is 11.3 Å². The SMILES string of the molecule is CCSC1CCCC1Nc1nc2ccccn2n1. The Bertz CT molecular complexity index is 491. The van der Waals surface area contributed by atoms with Crippen molar-refractivity contribution in [3.63, 3.8) is 0 Å². The monoisotopic (exact) mass is 262 g/mol. The molecule has 1 aliphatic rings. The van der Waals surface area contributed by atoms with Gasteiger partial charge in [-0.2, -0.15) is 16.7 Å². The highest BCUT2D eigenvalue weighted by Gasteiger charge is 2.27. The molecule has 1 fully saturated rings. The third-order valence-corrected chi connectivity index (χ3v) is 4.71. The maximum Gasteiger partial charge on any atom is 0.243 e. The van der Waals surface area contributed by atoms with E-state index in [1.165, 1.54) is 25.0 Å². The van der Waals surface area contributed by atoms with Gasteiger partial charge in [-0.3, -0.25) is 0 Å². The topological polar surface area (TPSA) is 42.2 Å². The summed E-state index contributed by atoms with van der Waals surface area (Å²) in [6.07, 6.45) is 5.78.